The summed E-state index contributed by atoms with van der Waals surface area (Å²) in [5, 5.41) is 3.40. The molecule has 1 aromatic heterocycles. The Kier molecular flexibility index (Phi) is 7.18. The second kappa shape index (κ2) is 10.3. The highest BCUT2D eigenvalue weighted by atomic mass is 19.1. The van der Waals surface area contributed by atoms with Crippen molar-refractivity contribution >= 4 is 0 Å². The van der Waals surface area contributed by atoms with E-state index in [1.807, 2.05) is 36.4 Å². The zero-order chi connectivity index (χ0) is 18.7. The second-order valence-electron chi connectivity index (χ2n) is 6.11. The molecular weight excluding hydrogens is 343 g/mol. The van der Waals surface area contributed by atoms with Gasteiger partial charge in [0.1, 0.15) is 18.2 Å². The standard InChI is InChI=1S/C22H23FN2O2/c23-20-10-8-18(9-11-20)17-27-21-6-3-5-19(15-21)16-24-12-4-14-26-22-7-1-2-13-25-22/h1-3,5-11,13,15,24H,4,12,14,16-17H2. The van der Waals surface area contributed by atoms with Crippen LogP contribution in [-0.4, -0.2) is 18.1 Å². The number of aromatic nitrogens is 1. The Hall–Kier alpha value is -2.92. The lowest BCUT2D eigenvalue weighted by atomic mass is 10.2. The van der Waals surface area contributed by atoms with Crippen LogP contribution in [0, 0.1) is 5.82 Å². The third-order valence-corrected chi connectivity index (χ3v) is 3.93. The molecule has 0 fully saturated rings. The summed E-state index contributed by atoms with van der Waals surface area (Å²) in [6.45, 7) is 2.66. The summed E-state index contributed by atoms with van der Waals surface area (Å²) in [6, 6.07) is 19.9. The second-order valence-corrected chi connectivity index (χ2v) is 6.11. The number of ether oxygens (including phenoxy) is 2. The summed E-state index contributed by atoms with van der Waals surface area (Å²) in [4.78, 5) is 4.12. The van der Waals surface area contributed by atoms with Crippen molar-refractivity contribution in [2.45, 2.75) is 19.6 Å². The van der Waals surface area contributed by atoms with E-state index in [0.29, 0.717) is 19.1 Å². The van der Waals surface area contributed by atoms with E-state index in [1.54, 1.807) is 18.3 Å². The van der Waals surface area contributed by atoms with Crippen LogP contribution in [0.4, 0.5) is 4.39 Å². The Balaban J connectivity index is 1.35. The van der Waals surface area contributed by atoms with E-state index in [4.69, 9.17) is 9.47 Å². The fourth-order valence-corrected chi connectivity index (χ4v) is 2.53. The monoisotopic (exact) mass is 366 g/mol. The van der Waals surface area contributed by atoms with Gasteiger partial charge in [0.15, 0.2) is 0 Å². The summed E-state index contributed by atoms with van der Waals surface area (Å²) in [7, 11) is 0. The van der Waals surface area contributed by atoms with Gasteiger partial charge in [0, 0.05) is 18.8 Å². The van der Waals surface area contributed by atoms with E-state index in [0.717, 1.165) is 36.4 Å². The molecule has 0 aliphatic rings. The molecule has 140 valence electrons. The maximum atomic E-state index is 12.9. The number of benzene rings is 2. The highest BCUT2D eigenvalue weighted by Gasteiger charge is 2.00. The van der Waals surface area contributed by atoms with Crippen molar-refractivity contribution in [2.24, 2.45) is 0 Å². The van der Waals surface area contributed by atoms with E-state index in [-0.39, 0.29) is 5.82 Å². The first kappa shape index (κ1) is 18.9. The fraction of sp³-hybridized carbons (Fsp3) is 0.227. The molecule has 1 heterocycles. The molecule has 0 atom stereocenters. The van der Waals surface area contributed by atoms with E-state index in [1.165, 1.54) is 12.1 Å². The summed E-state index contributed by atoms with van der Waals surface area (Å²) in [5.41, 5.74) is 2.09. The molecule has 0 amide bonds. The Morgan fingerprint density at radius 3 is 2.59 bits per heavy atom. The van der Waals surface area contributed by atoms with Gasteiger partial charge in [-0.2, -0.15) is 0 Å². The number of nitrogens with zero attached hydrogens (tertiary/aromatic N) is 1. The lowest BCUT2D eigenvalue weighted by Crippen LogP contribution is -2.17. The van der Waals surface area contributed by atoms with Gasteiger partial charge in [0.05, 0.1) is 6.61 Å². The molecule has 27 heavy (non-hydrogen) atoms. The Labute approximate surface area is 159 Å². The largest absolute Gasteiger partial charge is 0.489 e. The smallest absolute Gasteiger partial charge is 0.213 e. The number of halogens is 1. The first-order chi connectivity index (χ1) is 13.3. The first-order valence-electron chi connectivity index (χ1n) is 9.00. The molecule has 0 bridgehead atoms. The van der Waals surface area contributed by atoms with Crippen molar-refractivity contribution in [3.8, 4) is 11.6 Å². The summed E-state index contributed by atoms with van der Waals surface area (Å²) >= 11 is 0. The summed E-state index contributed by atoms with van der Waals surface area (Å²) in [6.07, 6.45) is 2.62. The SMILES string of the molecule is Fc1ccc(COc2cccc(CNCCCOc3ccccn3)c2)cc1. The molecule has 0 aliphatic heterocycles. The number of nitrogens with one attached hydrogen (secondary N) is 1. The molecule has 0 aliphatic carbocycles. The molecule has 2 aromatic carbocycles. The Bertz CT molecular complexity index is 810. The van der Waals surface area contributed by atoms with Gasteiger partial charge in [-0.15, -0.1) is 0 Å². The van der Waals surface area contributed by atoms with Crippen molar-refractivity contribution in [3.05, 3.63) is 89.9 Å². The van der Waals surface area contributed by atoms with E-state index >= 15 is 0 Å². The first-order valence-corrected chi connectivity index (χ1v) is 9.00. The van der Waals surface area contributed by atoms with Crippen LogP contribution in [0.1, 0.15) is 17.5 Å². The average molecular weight is 366 g/mol. The fourth-order valence-electron chi connectivity index (χ4n) is 2.53. The van der Waals surface area contributed by atoms with Crippen molar-refractivity contribution in [1.82, 2.24) is 10.3 Å². The quantitative estimate of drug-likeness (QED) is 0.542. The zero-order valence-corrected chi connectivity index (χ0v) is 15.1. The van der Waals surface area contributed by atoms with Crippen LogP contribution in [0.2, 0.25) is 0 Å². The van der Waals surface area contributed by atoms with Crippen LogP contribution < -0.4 is 14.8 Å². The maximum Gasteiger partial charge on any atom is 0.213 e. The van der Waals surface area contributed by atoms with E-state index in [2.05, 4.69) is 16.4 Å². The highest BCUT2D eigenvalue weighted by Crippen LogP contribution is 2.15. The number of pyridine rings is 1. The van der Waals surface area contributed by atoms with Crippen LogP contribution in [0.5, 0.6) is 11.6 Å². The lowest BCUT2D eigenvalue weighted by Gasteiger charge is -2.09. The number of hydrogen-bond donors (Lipinski definition) is 1. The molecule has 1 N–H and O–H groups in total. The predicted octanol–water partition coefficient (Wildman–Crippen LogP) is 4.36. The normalized spacial score (nSPS) is 10.6. The van der Waals surface area contributed by atoms with Crippen LogP contribution in [-0.2, 0) is 13.2 Å². The van der Waals surface area contributed by atoms with Gasteiger partial charge >= 0.3 is 0 Å². The van der Waals surface area contributed by atoms with Crippen molar-refractivity contribution < 1.29 is 13.9 Å². The molecule has 0 spiro atoms. The van der Waals surface area contributed by atoms with Gasteiger partial charge < -0.3 is 14.8 Å². The van der Waals surface area contributed by atoms with Gasteiger partial charge in [-0.25, -0.2) is 9.37 Å². The van der Waals surface area contributed by atoms with Gasteiger partial charge in [0.25, 0.3) is 0 Å². The van der Waals surface area contributed by atoms with Crippen LogP contribution in [0.15, 0.2) is 72.9 Å². The van der Waals surface area contributed by atoms with Gasteiger partial charge in [-0.1, -0.05) is 30.3 Å². The maximum absolute atomic E-state index is 12.9. The zero-order valence-electron chi connectivity index (χ0n) is 15.1. The van der Waals surface area contributed by atoms with E-state index in [9.17, 15) is 4.39 Å². The van der Waals surface area contributed by atoms with Gasteiger partial charge in [-0.05, 0) is 54.4 Å². The van der Waals surface area contributed by atoms with Crippen molar-refractivity contribution in [3.63, 3.8) is 0 Å². The molecule has 0 radical (unpaired) electrons. The van der Waals surface area contributed by atoms with Crippen molar-refractivity contribution in [2.75, 3.05) is 13.2 Å². The molecule has 3 aromatic rings. The minimum absolute atomic E-state index is 0.239. The highest BCUT2D eigenvalue weighted by molar-refractivity contribution is 5.29. The molecule has 4 nitrogen and oxygen atoms in total. The van der Waals surface area contributed by atoms with Gasteiger partial charge in [-0.3, -0.25) is 0 Å². The third-order valence-electron chi connectivity index (χ3n) is 3.93. The third kappa shape index (κ3) is 6.72. The Morgan fingerprint density at radius 2 is 1.78 bits per heavy atom. The molecule has 0 saturated heterocycles. The minimum Gasteiger partial charge on any atom is -0.489 e. The average Bonchev–Trinajstić information content (AvgIpc) is 2.71. The summed E-state index contributed by atoms with van der Waals surface area (Å²) < 4.78 is 24.3. The molecular formula is C22H23FN2O2. The lowest BCUT2D eigenvalue weighted by molar-refractivity contribution is 0.296. The Morgan fingerprint density at radius 1 is 0.889 bits per heavy atom. The summed E-state index contributed by atoms with van der Waals surface area (Å²) in [5.74, 6) is 1.22. The number of rotatable bonds is 10. The van der Waals surface area contributed by atoms with Crippen LogP contribution in [0.25, 0.3) is 0 Å². The predicted molar refractivity (Wildman–Crippen MR) is 103 cm³/mol. The van der Waals surface area contributed by atoms with Gasteiger partial charge in [0.2, 0.25) is 5.88 Å². The molecule has 3 rings (SSSR count). The van der Waals surface area contributed by atoms with Crippen LogP contribution >= 0.6 is 0 Å². The topological polar surface area (TPSA) is 43.4 Å². The van der Waals surface area contributed by atoms with Crippen LogP contribution in [0.3, 0.4) is 0 Å². The minimum atomic E-state index is -0.239. The van der Waals surface area contributed by atoms with E-state index < -0.39 is 0 Å². The number of hydrogen-bond acceptors (Lipinski definition) is 4. The molecule has 5 heteroatoms. The molecule has 0 saturated carbocycles. The van der Waals surface area contributed by atoms with Crippen molar-refractivity contribution in [1.29, 1.82) is 0 Å². The molecule has 0 unspecified atom stereocenters.